The van der Waals surface area contributed by atoms with E-state index >= 15 is 0 Å². The number of hydrogen-bond donors (Lipinski definition) is 0. The Bertz CT molecular complexity index is 31.3. The molecular formula is C4H19FNO3+. The monoisotopic (exact) mass is 148 g/mol. The molecule has 4 nitrogen and oxygen atoms in total. The Morgan fingerprint density at radius 1 is 0.667 bits per heavy atom. The summed E-state index contributed by atoms with van der Waals surface area (Å²) in [5, 5.41) is 0. The van der Waals surface area contributed by atoms with Crippen molar-refractivity contribution in [3.63, 3.8) is 0 Å². The van der Waals surface area contributed by atoms with E-state index in [0.29, 0.717) is 0 Å². The molecule has 0 unspecified atom stereocenters. The first-order valence-corrected chi connectivity index (χ1v) is 1.79. The van der Waals surface area contributed by atoms with Crippen LogP contribution in [-0.2, 0) is 0 Å². The Kier molecular flexibility index (Phi) is 44.3. The average Bonchev–Trinajstić information content (AvgIpc) is 0.722. The van der Waals surface area contributed by atoms with E-state index in [2.05, 4.69) is 28.2 Å². The second-order valence-electron chi connectivity index (χ2n) is 2.68. The molecule has 0 aliphatic heterocycles. The van der Waals surface area contributed by atoms with Crippen LogP contribution >= 0.6 is 0 Å². The minimum Gasteiger partial charge on any atom is -0.412 e. The second kappa shape index (κ2) is 10.7. The Balaban J connectivity index is -0.0000000133. The zero-order valence-electron chi connectivity index (χ0n) is 6.36. The molecule has 0 heterocycles. The van der Waals surface area contributed by atoms with E-state index in [1.165, 1.54) is 0 Å². The molecule has 0 aromatic rings. The maximum Gasteiger partial charge on any atom is 0.0675 e. The lowest BCUT2D eigenvalue weighted by molar-refractivity contribution is -0.849. The maximum absolute atomic E-state index is 2.12. The molecule has 0 bridgehead atoms. The molecule has 9 heavy (non-hydrogen) atoms. The number of rotatable bonds is 0. The molecule has 6 N–H and O–H groups in total. The minimum absolute atomic E-state index is 0. The largest absolute Gasteiger partial charge is 0.412 e. The molecule has 0 aliphatic carbocycles. The topological polar surface area (TPSA) is 94.5 Å². The van der Waals surface area contributed by atoms with Crippen molar-refractivity contribution in [2.75, 3.05) is 28.2 Å². The third-order valence-electron chi connectivity index (χ3n) is 0. The van der Waals surface area contributed by atoms with Crippen LogP contribution in [0, 0.1) is 0 Å². The zero-order chi connectivity index (χ0) is 4.50. The van der Waals surface area contributed by atoms with Gasteiger partial charge in [0.05, 0.1) is 28.2 Å². The van der Waals surface area contributed by atoms with Crippen LogP contribution in [0.4, 0.5) is 4.70 Å². The predicted octanol–water partition coefficient (Wildman–Crippen LogP) is -2.00. The number of quaternary nitrogens is 1. The van der Waals surface area contributed by atoms with Gasteiger partial charge in [0.25, 0.3) is 0 Å². The van der Waals surface area contributed by atoms with E-state index in [9.17, 15) is 0 Å². The van der Waals surface area contributed by atoms with Gasteiger partial charge in [-0.3, -0.25) is 4.70 Å². The van der Waals surface area contributed by atoms with Gasteiger partial charge in [0.1, 0.15) is 0 Å². The summed E-state index contributed by atoms with van der Waals surface area (Å²) >= 11 is 0. The highest BCUT2D eigenvalue weighted by atomic mass is 19.0. The van der Waals surface area contributed by atoms with Gasteiger partial charge in [0.15, 0.2) is 0 Å². The first-order chi connectivity index (χ1) is 2.00. The molecule has 0 radical (unpaired) electrons. The zero-order valence-corrected chi connectivity index (χ0v) is 6.36. The van der Waals surface area contributed by atoms with Crippen LogP contribution in [0.15, 0.2) is 0 Å². The second-order valence-corrected chi connectivity index (χ2v) is 2.68. The van der Waals surface area contributed by atoms with Gasteiger partial charge in [-0.2, -0.15) is 0 Å². The molecular weight excluding hydrogens is 129 g/mol. The summed E-state index contributed by atoms with van der Waals surface area (Å²) in [5.74, 6) is 0. The van der Waals surface area contributed by atoms with Crippen molar-refractivity contribution in [1.29, 1.82) is 0 Å². The smallest absolute Gasteiger partial charge is 0.0675 e. The maximum atomic E-state index is 2.12. The third-order valence-corrected chi connectivity index (χ3v) is 0. The van der Waals surface area contributed by atoms with Gasteiger partial charge in [0, 0.05) is 0 Å². The summed E-state index contributed by atoms with van der Waals surface area (Å²) in [6.45, 7) is 0. The molecule has 0 amide bonds. The van der Waals surface area contributed by atoms with E-state index in [1.54, 1.807) is 0 Å². The summed E-state index contributed by atoms with van der Waals surface area (Å²) < 4.78 is 1.00. The van der Waals surface area contributed by atoms with Crippen LogP contribution in [0.3, 0.4) is 0 Å². The van der Waals surface area contributed by atoms with Gasteiger partial charge >= 0.3 is 0 Å². The molecule has 0 saturated heterocycles. The van der Waals surface area contributed by atoms with Gasteiger partial charge in [-0.25, -0.2) is 0 Å². The standard InChI is InChI=1S/C4H12N.FH.3H2O/c1-5(2,3)4;;;;/h1-4H3;1H;3*1H2/q+1;;;;. The minimum atomic E-state index is 0. The number of nitrogens with zero attached hydrogens (tertiary/aromatic N) is 1. The first-order valence-electron chi connectivity index (χ1n) is 1.79. The number of hydrogen-bond acceptors (Lipinski definition) is 0. The van der Waals surface area contributed by atoms with E-state index in [1.807, 2.05) is 0 Å². The highest BCUT2D eigenvalue weighted by Gasteiger charge is 1.88. The van der Waals surface area contributed by atoms with E-state index in [4.69, 9.17) is 0 Å². The summed E-state index contributed by atoms with van der Waals surface area (Å²) in [5.41, 5.74) is 0. The Hall–Kier alpha value is -0.230. The first kappa shape index (κ1) is 37.3. The molecule has 0 spiro atoms. The Morgan fingerprint density at radius 2 is 0.667 bits per heavy atom. The Labute approximate surface area is 55.0 Å². The van der Waals surface area contributed by atoms with Crippen molar-refractivity contribution < 1.29 is 25.6 Å². The molecule has 0 aliphatic rings. The molecule has 0 saturated carbocycles. The lowest BCUT2D eigenvalue weighted by Gasteiger charge is -2.14. The fraction of sp³-hybridized carbons (Fsp3) is 1.00. The molecule has 0 atom stereocenters. The summed E-state index contributed by atoms with van der Waals surface area (Å²) in [6.07, 6.45) is 0. The van der Waals surface area contributed by atoms with Crippen LogP contribution in [0.25, 0.3) is 0 Å². The predicted molar refractivity (Wildman–Crippen MR) is 37.3 cm³/mol. The third kappa shape index (κ3) is 4890. The summed E-state index contributed by atoms with van der Waals surface area (Å²) in [7, 11) is 8.50. The average molecular weight is 148 g/mol. The SMILES string of the molecule is C[N+](C)(C)C.F.O.O.O. The van der Waals surface area contributed by atoms with Crippen molar-refractivity contribution in [1.82, 2.24) is 0 Å². The molecule has 0 rings (SSSR count). The fourth-order valence-electron chi connectivity index (χ4n) is 0. The quantitative estimate of drug-likeness (QED) is 0.355. The molecule has 0 aromatic carbocycles. The van der Waals surface area contributed by atoms with Gasteiger partial charge in [-0.05, 0) is 0 Å². The van der Waals surface area contributed by atoms with Gasteiger partial charge in [-0.15, -0.1) is 0 Å². The highest BCUT2D eigenvalue weighted by Crippen LogP contribution is 1.73. The van der Waals surface area contributed by atoms with Crippen molar-refractivity contribution in [2.24, 2.45) is 0 Å². The Morgan fingerprint density at radius 3 is 0.667 bits per heavy atom. The summed E-state index contributed by atoms with van der Waals surface area (Å²) in [6, 6.07) is 0. The molecule has 0 fully saturated rings. The van der Waals surface area contributed by atoms with Crippen molar-refractivity contribution >= 4 is 0 Å². The van der Waals surface area contributed by atoms with Crippen molar-refractivity contribution in [3.05, 3.63) is 0 Å². The lowest BCUT2D eigenvalue weighted by atomic mass is 10.8. The molecule has 64 valence electrons. The van der Waals surface area contributed by atoms with Crippen molar-refractivity contribution in [2.45, 2.75) is 0 Å². The van der Waals surface area contributed by atoms with E-state index in [0.717, 1.165) is 4.48 Å². The van der Waals surface area contributed by atoms with Gasteiger partial charge < -0.3 is 20.9 Å². The fourth-order valence-corrected chi connectivity index (χ4v) is 0. The van der Waals surface area contributed by atoms with Crippen LogP contribution in [0.5, 0.6) is 0 Å². The van der Waals surface area contributed by atoms with E-state index < -0.39 is 0 Å². The normalized spacial score (nSPS) is 6.67. The van der Waals surface area contributed by atoms with Crippen LogP contribution in [0.1, 0.15) is 0 Å². The lowest BCUT2D eigenvalue weighted by Crippen LogP contribution is -2.27. The van der Waals surface area contributed by atoms with Crippen LogP contribution in [0.2, 0.25) is 0 Å². The van der Waals surface area contributed by atoms with Crippen LogP contribution in [-0.4, -0.2) is 49.1 Å². The molecule has 0 aromatic heterocycles. The summed E-state index contributed by atoms with van der Waals surface area (Å²) in [4.78, 5) is 0. The molecule has 5 heteroatoms. The highest BCUT2D eigenvalue weighted by molar-refractivity contribution is 3.87. The van der Waals surface area contributed by atoms with Crippen molar-refractivity contribution in [3.8, 4) is 0 Å². The van der Waals surface area contributed by atoms with E-state index in [-0.39, 0.29) is 21.1 Å². The van der Waals surface area contributed by atoms with Gasteiger partial charge in [-0.1, -0.05) is 0 Å². The number of halogens is 1. The van der Waals surface area contributed by atoms with Crippen LogP contribution < -0.4 is 0 Å². The van der Waals surface area contributed by atoms with Gasteiger partial charge in [0.2, 0.25) is 0 Å².